The van der Waals surface area contributed by atoms with Gasteiger partial charge >= 0.3 is 0 Å². The molecule has 0 saturated heterocycles. The predicted molar refractivity (Wildman–Crippen MR) is 54.2 cm³/mol. The summed E-state index contributed by atoms with van der Waals surface area (Å²) in [5.74, 6) is 0.647. The zero-order chi connectivity index (χ0) is 9.52. The summed E-state index contributed by atoms with van der Waals surface area (Å²) < 4.78 is 5.40. The number of hydrogen-bond donors (Lipinski definition) is 0. The molecular formula is C10H12ClNO. The molecule has 70 valence electrons. The molecule has 1 rings (SSSR count). The predicted octanol–water partition coefficient (Wildman–Crippen LogP) is 3.08. The average molecular weight is 198 g/mol. The first-order valence-corrected chi connectivity index (χ1v) is 4.56. The normalized spacial score (nSPS) is 9.62. The maximum atomic E-state index is 5.78. The molecule has 0 bridgehead atoms. The molecule has 3 heteroatoms. The van der Waals surface area contributed by atoms with Gasteiger partial charge in [-0.3, -0.25) is 0 Å². The Kier molecular flexibility index (Phi) is 4.33. The van der Waals surface area contributed by atoms with Gasteiger partial charge in [0.1, 0.15) is 0 Å². The van der Waals surface area contributed by atoms with Gasteiger partial charge in [0.25, 0.3) is 0 Å². The van der Waals surface area contributed by atoms with Crippen LogP contribution in [0.1, 0.15) is 12.8 Å². The molecule has 1 aromatic heterocycles. The fourth-order valence-electron chi connectivity index (χ4n) is 0.889. The summed E-state index contributed by atoms with van der Waals surface area (Å²) in [6.07, 6.45) is 5.42. The molecule has 0 fully saturated rings. The van der Waals surface area contributed by atoms with Crippen molar-refractivity contribution < 1.29 is 4.74 Å². The van der Waals surface area contributed by atoms with Gasteiger partial charge in [0.2, 0.25) is 0 Å². The Morgan fingerprint density at radius 2 is 2.46 bits per heavy atom. The molecule has 0 aliphatic carbocycles. The van der Waals surface area contributed by atoms with Crippen molar-refractivity contribution in [3.05, 3.63) is 36.1 Å². The fraction of sp³-hybridized carbons (Fsp3) is 0.300. The minimum absolute atomic E-state index is 0.418. The maximum Gasteiger partial charge on any atom is 0.171 e. The lowest BCUT2D eigenvalue weighted by Gasteiger charge is -2.05. The SMILES string of the molecule is C=CCCCOc1cccnc1Cl. The third kappa shape index (κ3) is 3.47. The van der Waals surface area contributed by atoms with E-state index in [4.69, 9.17) is 16.3 Å². The molecule has 0 amide bonds. The van der Waals surface area contributed by atoms with Crippen LogP contribution in [0.25, 0.3) is 0 Å². The summed E-state index contributed by atoms with van der Waals surface area (Å²) >= 11 is 5.78. The molecule has 0 spiro atoms. The monoisotopic (exact) mass is 197 g/mol. The third-order valence-corrected chi connectivity index (χ3v) is 1.82. The van der Waals surface area contributed by atoms with Crippen LogP contribution >= 0.6 is 11.6 Å². The van der Waals surface area contributed by atoms with Gasteiger partial charge in [-0.25, -0.2) is 4.98 Å². The van der Waals surface area contributed by atoms with E-state index >= 15 is 0 Å². The van der Waals surface area contributed by atoms with E-state index < -0.39 is 0 Å². The van der Waals surface area contributed by atoms with Crippen molar-refractivity contribution in [2.75, 3.05) is 6.61 Å². The van der Waals surface area contributed by atoms with Gasteiger partial charge in [-0.05, 0) is 25.0 Å². The molecule has 13 heavy (non-hydrogen) atoms. The Morgan fingerprint density at radius 3 is 3.15 bits per heavy atom. The highest BCUT2D eigenvalue weighted by atomic mass is 35.5. The molecule has 0 aliphatic rings. The largest absolute Gasteiger partial charge is 0.490 e. The second kappa shape index (κ2) is 5.60. The number of halogens is 1. The molecule has 2 nitrogen and oxygen atoms in total. The Morgan fingerprint density at radius 1 is 1.62 bits per heavy atom. The minimum Gasteiger partial charge on any atom is -0.490 e. The van der Waals surface area contributed by atoms with Crippen molar-refractivity contribution in [2.45, 2.75) is 12.8 Å². The minimum atomic E-state index is 0.418. The van der Waals surface area contributed by atoms with Crippen LogP contribution in [0.4, 0.5) is 0 Å². The Hall–Kier alpha value is -1.02. The lowest BCUT2D eigenvalue weighted by Crippen LogP contribution is -1.97. The van der Waals surface area contributed by atoms with Gasteiger partial charge in [0, 0.05) is 6.20 Å². The number of pyridine rings is 1. The zero-order valence-corrected chi connectivity index (χ0v) is 8.13. The van der Waals surface area contributed by atoms with Crippen molar-refractivity contribution in [3.63, 3.8) is 0 Å². The van der Waals surface area contributed by atoms with Gasteiger partial charge in [0.15, 0.2) is 10.9 Å². The third-order valence-electron chi connectivity index (χ3n) is 1.54. The van der Waals surface area contributed by atoms with E-state index in [1.54, 1.807) is 12.3 Å². The van der Waals surface area contributed by atoms with E-state index in [1.165, 1.54) is 0 Å². The Balaban J connectivity index is 2.36. The zero-order valence-electron chi connectivity index (χ0n) is 7.37. The van der Waals surface area contributed by atoms with E-state index in [9.17, 15) is 0 Å². The molecule has 0 saturated carbocycles. The number of ether oxygens (including phenoxy) is 1. The summed E-state index contributed by atoms with van der Waals surface area (Å²) in [5, 5.41) is 0.418. The highest BCUT2D eigenvalue weighted by molar-refractivity contribution is 6.30. The van der Waals surface area contributed by atoms with Gasteiger partial charge < -0.3 is 4.74 Å². The highest BCUT2D eigenvalue weighted by Gasteiger charge is 1.99. The fourth-order valence-corrected chi connectivity index (χ4v) is 1.06. The maximum absolute atomic E-state index is 5.78. The summed E-state index contributed by atoms with van der Waals surface area (Å²) in [6.45, 7) is 4.28. The second-order valence-corrected chi connectivity index (χ2v) is 2.93. The van der Waals surface area contributed by atoms with Gasteiger partial charge in [-0.1, -0.05) is 17.7 Å². The quantitative estimate of drug-likeness (QED) is 0.411. The van der Waals surface area contributed by atoms with Crippen LogP contribution in [0.2, 0.25) is 5.15 Å². The molecule has 1 heterocycles. The molecule has 0 N–H and O–H groups in total. The molecule has 0 atom stereocenters. The summed E-state index contributed by atoms with van der Waals surface area (Å²) in [7, 11) is 0. The summed E-state index contributed by atoms with van der Waals surface area (Å²) in [6, 6.07) is 3.61. The number of nitrogens with zero attached hydrogens (tertiary/aromatic N) is 1. The first-order chi connectivity index (χ1) is 6.34. The molecular weight excluding hydrogens is 186 g/mol. The molecule has 0 unspecified atom stereocenters. The van der Waals surface area contributed by atoms with E-state index in [1.807, 2.05) is 12.1 Å². The molecule has 1 aromatic rings. The van der Waals surface area contributed by atoms with Crippen LogP contribution in [0.5, 0.6) is 5.75 Å². The lowest BCUT2D eigenvalue weighted by molar-refractivity contribution is 0.311. The highest BCUT2D eigenvalue weighted by Crippen LogP contribution is 2.20. The van der Waals surface area contributed by atoms with Crippen LogP contribution < -0.4 is 4.74 Å². The van der Waals surface area contributed by atoms with Crippen molar-refractivity contribution in [3.8, 4) is 5.75 Å². The van der Waals surface area contributed by atoms with E-state index in [0.717, 1.165) is 12.8 Å². The average Bonchev–Trinajstić information content (AvgIpc) is 2.15. The van der Waals surface area contributed by atoms with Crippen LogP contribution in [-0.4, -0.2) is 11.6 Å². The van der Waals surface area contributed by atoms with Crippen molar-refractivity contribution >= 4 is 11.6 Å². The standard InChI is InChI=1S/C10H12ClNO/c1-2-3-4-8-13-9-6-5-7-12-10(9)11/h2,5-7H,1,3-4,8H2. The van der Waals surface area contributed by atoms with Crippen molar-refractivity contribution in [1.82, 2.24) is 4.98 Å². The van der Waals surface area contributed by atoms with Crippen LogP contribution in [0.3, 0.4) is 0 Å². The van der Waals surface area contributed by atoms with Gasteiger partial charge in [-0.2, -0.15) is 0 Å². The number of allylic oxidation sites excluding steroid dienone is 1. The molecule has 0 aliphatic heterocycles. The van der Waals surface area contributed by atoms with Crippen molar-refractivity contribution in [1.29, 1.82) is 0 Å². The topological polar surface area (TPSA) is 22.1 Å². The summed E-state index contributed by atoms with van der Waals surface area (Å²) in [4.78, 5) is 3.90. The van der Waals surface area contributed by atoms with E-state index in [0.29, 0.717) is 17.5 Å². The van der Waals surface area contributed by atoms with Gasteiger partial charge in [-0.15, -0.1) is 6.58 Å². The number of unbranched alkanes of at least 4 members (excludes halogenated alkanes) is 1. The van der Waals surface area contributed by atoms with Crippen LogP contribution in [-0.2, 0) is 0 Å². The first kappa shape index (κ1) is 10.1. The lowest BCUT2D eigenvalue weighted by atomic mass is 10.3. The Labute approximate surface area is 83.2 Å². The Bertz CT molecular complexity index is 275. The van der Waals surface area contributed by atoms with E-state index in [-0.39, 0.29) is 0 Å². The van der Waals surface area contributed by atoms with Crippen LogP contribution in [0, 0.1) is 0 Å². The number of aromatic nitrogens is 1. The van der Waals surface area contributed by atoms with Gasteiger partial charge in [0.05, 0.1) is 6.61 Å². The van der Waals surface area contributed by atoms with E-state index in [2.05, 4.69) is 11.6 Å². The second-order valence-electron chi connectivity index (χ2n) is 2.57. The first-order valence-electron chi connectivity index (χ1n) is 4.19. The smallest absolute Gasteiger partial charge is 0.171 e. The molecule has 0 radical (unpaired) electrons. The number of rotatable bonds is 5. The summed E-state index contributed by atoms with van der Waals surface area (Å²) in [5.41, 5.74) is 0. The van der Waals surface area contributed by atoms with Crippen molar-refractivity contribution in [2.24, 2.45) is 0 Å². The number of hydrogen-bond acceptors (Lipinski definition) is 2. The molecule has 0 aromatic carbocycles. The van der Waals surface area contributed by atoms with Crippen LogP contribution in [0.15, 0.2) is 31.0 Å².